The standard InChI is InChI=1S/C22H27N3O4S/c1-2-30(27,28)24-19-10-12-25-20(19)15-16-6-5-7-17(14-16)18-8-3-4-9-21(18)29-13-11-23-22(25)26/h3-9,14,19-20,24H,2,10-13,15H2,1H3,(H,23,26)/t19-,20-/m0/s1. The summed E-state index contributed by atoms with van der Waals surface area (Å²) in [5, 5.41) is 2.91. The van der Waals surface area contributed by atoms with Gasteiger partial charge >= 0.3 is 6.03 Å². The van der Waals surface area contributed by atoms with E-state index in [-0.39, 0.29) is 23.9 Å². The summed E-state index contributed by atoms with van der Waals surface area (Å²) in [4.78, 5) is 14.6. The third-order valence-electron chi connectivity index (χ3n) is 5.72. The molecule has 1 fully saturated rings. The Morgan fingerprint density at radius 1 is 1.20 bits per heavy atom. The van der Waals surface area contributed by atoms with Crippen molar-refractivity contribution in [2.24, 2.45) is 0 Å². The maximum atomic E-state index is 12.8. The van der Waals surface area contributed by atoms with Gasteiger partial charge in [-0.1, -0.05) is 42.5 Å². The molecule has 8 heteroatoms. The molecule has 0 aliphatic carbocycles. The van der Waals surface area contributed by atoms with Crippen molar-refractivity contribution in [2.45, 2.75) is 31.8 Å². The largest absolute Gasteiger partial charge is 0.491 e. The van der Waals surface area contributed by atoms with E-state index < -0.39 is 10.0 Å². The SMILES string of the molecule is CCS(=O)(=O)N[C@H]1CCN2C(=O)NCCOc3ccccc3-c3cccc(c3)C[C@@H]12. The second-order valence-electron chi connectivity index (χ2n) is 7.66. The summed E-state index contributed by atoms with van der Waals surface area (Å²) in [7, 11) is -3.37. The van der Waals surface area contributed by atoms with Crippen molar-refractivity contribution < 1.29 is 17.9 Å². The van der Waals surface area contributed by atoms with E-state index in [0.29, 0.717) is 32.5 Å². The van der Waals surface area contributed by atoms with Gasteiger partial charge in [-0.2, -0.15) is 0 Å². The smallest absolute Gasteiger partial charge is 0.317 e. The molecule has 2 amide bonds. The zero-order valence-corrected chi connectivity index (χ0v) is 17.8. The van der Waals surface area contributed by atoms with Gasteiger partial charge in [-0.15, -0.1) is 0 Å². The topological polar surface area (TPSA) is 87.7 Å². The van der Waals surface area contributed by atoms with E-state index in [2.05, 4.69) is 16.1 Å². The first-order chi connectivity index (χ1) is 14.5. The molecule has 4 rings (SSSR count). The Hall–Kier alpha value is -2.58. The van der Waals surface area contributed by atoms with Crippen LogP contribution < -0.4 is 14.8 Å². The van der Waals surface area contributed by atoms with Crippen molar-refractivity contribution in [3.63, 3.8) is 0 Å². The lowest BCUT2D eigenvalue weighted by atomic mass is 9.96. The normalized spacial score (nSPS) is 21.9. The van der Waals surface area contributed by atoms with Gasteiger partial charge in [0.15, 0.2) is 0 Å². The average molecular weight is 430 g/mol. The Morgan fingerprint density at radius 2 is 2.03 bits per heavy atom. The van der Waals surface area contributed by atoms with Gasteiger partial charge in [-0.3, -0.25) is 0 Å². The molecule has 0 radical (unpaired) electrons. The first kappa shape index (κ1) is 20.7. The van der Waals surface area contributed by atoms with Crippen molar-refractivity contribution in [3.8, 4) is 16.9 Å². The predicted molar refractivity (Wildman–Crippen MR) is 116 cm³/mol. The zero-order valence-electron chi connectivity index (χ0n) is 17.0. The molecule has 2 heterocycles. The number of ether oxygens (including phenoxy) is 1. The highest BCUT2D eigenvalue weighted by Crippen LogP contribution is 2.31. The van der Waals surface area contributed by atoms with Gasteiger partial charge in [0.2, 0.25) is 10.0 Å². The maximum absolute atomic E-state index is 12.8. The molecule has 160 valence electrons. The van der Waals surface area contributed by atoms with Crippen LogP contribution in [0.25, 0.3) is 11.1 Å². The first-order valence-electron chi connectivity index (χ1n) is 10.3. The summed E-state index contributed by atoms with van der Waals surface area (Å²) in [5.41, 5.74) is 3.08. The molecule has 1 saturated heterocycles. The van der Waals surface area contributed by atoms with Crippen molar-refractivity contribution in [3.05, 3.63) is 54.1 Å². The van der Waals surface area contributed by atoms with Gasteiger partial charge in [0.1, 0.15) is 12.4 Å². The summed E-state index contributed by atoms with van der Waals surface area (Å²) < 4.78 is 33.1. The van der Waals surface area contributed by atoms with E-state index in [9.17, 15) is 13.2 Å². The highest BCUT2D eigenvalue weighted by Gasteiger charge is 2.38. The molecule has 2 aromatic carbocycles. The van der Waals surface area contributed by atoms with Crippen LogP contribution in [0.15, 0.2) is 48.5 Å². The molecule has 0 unspecified atom stereocenters. The van der Waals surface area contributed by atoms with Gasteiger partial charge in [0, 0.05) is 18.2 Å². The number of sulfonamides is 1. The molecule has 0 aromatic heterocycles. The van der Waals surface area contributed by atoms with Gasteiger partial charge in [0.25, 0.3) is 0 Å². The maximum Gasteiger partial charge on any atom is 0.317 e. The predicted octanol–water partition coefficient (Wildman–Crippen LogP) is 2.38. The van der Waals surface area contributed by atoms with Gasteiger partial charge < -0.3 is 15.0 Å². The van der Waals surface area contributed by atoms with E-state index in [1.54, 1.807) is 11.8 Å². The molecular weight excluding hydrogens is 402 g/mol. The number of benzene rings is 2. The Balaban J connectivity index is 1.70. The van der Waals surface area contributed by atoms with Crippen LogP contribution in [-0.2, 0) is 16.4 Å². The first-order valence-corrected chi connectivity index (χ1v) is 12.0. The Labute approximate surface area is 177 Å². The van der Waals surface area contributed by atoms with Gasteiger partial charge in [0.05, 0.1) is 18.3 Å². The number of hydrogen-bond donors (Lipinski definition) is 2. The van der Waals surface area contributed by atoms with Crippen molar-refractivity contribution in [1.82, 2.24) is 14.9 Å². The van der Waals surface area contributed by atoms with E-state index in [1.165, 1.54) is 0 Å². The molecule has 2 aromatic rings. The fourth-order valence-electron chi connectivity index (χ4n) is 4.17. The molecule has 0 spiro atoms. The van der Waals surface area contributed by atoms with E-state index >= 15 is 0 Å². The van der Waals surface area contributed by atoms with Crippen LogP contribution in [0.3, 0.4) is 0 Å². The second-order valence-corrected chi connectivity index (χ2v) is 9.70. The lowest BCUT2D eigenvalue weighted by Gasteiger charge is -2.29. The lowest BCUT2D eigenvalue weighted by molar-refractivity contribution is 0.186. The van der Waals surface area contributed by atoms with Crippen LogP contribution in [0.2, 0.25) is 0 Å². The van der Waals surface area contributed by atoms with Crippen LogP contribution in [0.5, 0.6) is 5.75 Å². The third kappa shape index (κ3) is 4.44. The van der Waals surface area contributed by atoms with Crippen LogP contribution in [-0.4, -0.2) is 56.9 Å². The van der Waals surface area contributed by atoms with Crippen molar-refractivity contribution in [1.29, 1.82) is 0 Å². The van der Waals surface area contributed by atoms with Crippen LogP contribution >= 0.6 is 0 Å². The van der Waals surface area contributed by atoms with Gasteiger partial charge in [-0.05, 0) is 37.0 Å². The lowest BCUT2D eigenvalue weighted by Crippen LogP contribution is -2.51. The van der Waals surface area contributed by atoms with Crippen molar-refractivity contribution >= 4 is 16.1 Å². The number of rotatable bonds is 3. The molecule has 2 bridgehead atoms. The number of carbonyl (C=O) groups is 1. The molecule has 0 saturated carbocycles. The summed E-state index contributed by atoms with van der Waals surface area (Å²) in [6, 6.07) is 15.3. The summed E-state index contributed by atoms with van der Waals surface area (Å²) in [6.45, 7) is 2.85. The average Bonchev–Trinajstić information content (AvgIpc) is 3.12. The second kappa shape index (κ2) is 8.65. The number of nitrogens with one attached hydrogen (secondary N) is 2. The van der Waals surface area contributed by atoms with E-state index in [1.807, 2.05) is 42.5 Å². The Kier molecular flexibility index (Phi) is 5.97. The minimum absolute atomic E-state index is 0.0199. The summed E-state index contributed by atoms with van der Waals surface area (Å²) >= 11 is 0. The summed E-state index contributed by atoms with van der Waals surface area (Å²) in [5.74, 6) is 0.795. The van der Waals surface area contributed by atoms with Crippen LogP contribution in [0.4, 0.5) is 4.79 Å². The number of para-hydroxylation sites is 1. The number of amides is 2. The molecular formula is C22H27N3O4S. The fraction of sp³-hybridized carbons (Fsp3) is 0.409. The van der Waals surface area contributed by atoms with Gasteiger partial charge in [-0.25, -0.2) is 17.9 Å². The Morgan fingerprint density at radius 3 is 2.87 bits per heavy atom. The molecule has 2 aliphatic rings. The molecule has 2 atom stereocenters. The fourth-order valence-corrected chi connectivity index (χ4v) is 5.07. The third-order valence-corrected chi connectivity index (χ3v) is 7.15. The van der Waals surface area contributed by atoms with Crippen LogP contribution in [0, 0.1) is 0 Å². The Bertz CT molecular complexity index is 1020. The molecule has 2 N–H and O–H groups in total. The number of carbonyl (C=O) groups excluding carboxylic acids is 1. The minimum atomic E-state index is -3.37. The van der Waals surface area contributed by atoms with Crippen LogP contribution in [0.1, 0.15) is 18.9 Å². The number of urea groups is 1. The number of nitrogens with zero attached hydrogens (tertiary/aromatic N) is 1. The molecule has 2 aliphatic heterocycles. The van der Waals surface area contributed by atoms with E-state index in [0.717, 1.165) is 22.4 Å². The highest BCUT2D eigenvalue weighted by atomic mass is 32.2. The highest BCUT2D eigenvalue weighted by molar-refractivity contribution is 7.89. The van der Waals surface area contributed by atoms with Crippen molar-refractivity contribution in [2.75, 3.05) is 25.4 Å². The molecule has 30 heavy (non-hydrogen) atoms. The number of hydrogen-bond acceptors (Lipinski definition) is 4. The van der Waals surface area contributed by atoms with E-state index in [4.69, 9.17) is 4.74 Å². The minimum Gasteiger partial charge on any atom is -0.491 e. The monoisotopic (exact) mass is 429 g/mol. The quantitative estimate of drug-likeness (QED) is 0.784. The number of fused-ring (bicyclic) bond motifs is 5. The summed E-state index contributed by atoms with van der Waals surface area (Å²) in [6.07, 6.45) is 1.16. The zero-order chi connectivity index (χ0) is 21.1. The molecule has 7 nitrogen and oxygen atoms in total.